The lowest BCUT2D eigenvalue weighted by Crippen LogP contribution is -2.41. The van der Waals surface area contributed by atoms with E-state index < -0.39 is 0 Å². The second kappa shape index (κ2) is 8.10. The fourth-order valence-electron chi connectivity index (χ4n) is 3.57. The van der Waals surface area contributed by atoms with Gasteiger partial charge in [-0.05, 0) is 63.7 Å². The first-order valence-electron chi connectivity index (χ1n) is 9.82. The summed E-state index contributed by atoms with van der Waals surface area (Å²) in [6, 6.07) is 18.1. The maximum Gasteiger partial charge on any atom is 0.457 e. The molecule has 2 aromatic rings. The molecule has 0 amide bonds. The molecule has 1 fully saturated rings. The maximum atomic E-state index is 11.7. The van der Waals surface area contributed by atoms with Crippen LogP contribution in [0.2, 0.25) is 6.32 Å². The SMILES string of the molecule is COC(=O)c1ccc(C(CCB2OC(C)(C)C(C)(C)O2)c2ccccc2)cc1. The van der Waals surface area contributed by atoms with Gasteiger partial charge in [0.2, 0.25) is 0 Å². The highest BCUT2D eigenvalue weighted by Crippen LogP contribution is 2.39. The van der Waals surface area contributed by atoms with Gasteiger partial charge in [-0.15, -0.1) is 0 Å². The van der Waals surface area contributed by atoms with Crippen molar-refractivity contribution in [3.8, 4) is 0 Å². The van der Waals surface area contributed by atoms with Crippen molar-refractivity contribution >= 4 is 13.1 Å². The van der Waals surface area contributed by atoms with E-state index in [1.165, 1.54) is 12.7 Å². The van der Waals surface area contributed by atoms with Crippen LogP contribution >= 0.6 is 0 Å². The molecule has 2 aromatic carbocycles. The zero-order chi connectivity index (χ0) is 20.4. The molecule has 0 bridgehead atoms. The highest BCUT2D eigenvalue weighted by atomic mass is 16.7. The molecule has 1 atom stereocenters. The minimum Gasteiger partial charge on any atom is -0.465 e. The fraction of sp³-hybridized carbons (Fsp3) is 0.435. The number of methoxy groups -OCH3 is 1. The monoisotopic (exact) mass is 380 g/mol. The third-order valence-electron chi connectivity index (χ3n) is 5.93. The molecule has 0 saturated carbocycles. The van der Waals surface area contributed by atoms with Crippen LogP contribution in [0.5, 0.6) is 0 Å². The summed E-state index contributed by atoms with van der Waals surface area (Å²) in [6.07, 6.45) is 1.68. The van der Waals surface area contributed by atoms with E-state index in [-0.39, 0.29) is 30.2 Å². The summed E-state index contributed by atoms with van der Waals surface area (Å²) in [7, 11) is 1.18. The third kappa shape index (κ3) is 4.31. The largest absolute Gasteiger partial charge is 0.465 e. The lowest BCUT2D eigenvalue weighted by atomic mass is 9.76. The van der Waals surface area contributed by atoms with Gasteiger partial charge in [-0.25, -0.2) is 4.79 Å². The molecule has 5 heteroatoms. The van der Waals surface area contributed by atoms with Gasteiger partial charge < -0.3 is 14.0 Å². The first-order valence-corrected chi connectivity index (χ1v) is 9.82. The molecule has 1 saturated heterocycles. The Hall–Kier alpha value is -2.11. The van der Waals surface area contributed by atoms with Crippen LogP contribution in [0.1, 0.15) is 61.5 Å². The second-order valence-corrected chi connectivity index (χ2v) is 8.34. The second-order valence-electron chi connectivity index (χ2n) is 8.34. The average Bonchev–Trinajstić information content (AvgIpc) is 2.89. The number of hydrogen-bond acceptors (Lipinski definition) is 4. The highest BCUT2D eigenvalue weighted by Gasteiger charge is 2.50. The summed E-state index contributed by atoms with van der Waals surface area (Å²) >= 11 is 0. The molecule has 1 aliphatic rings. The van der Waals surface area contributed by atoms with E-state index in [1.807, 2.05) is 30.3 Å². The smallest absolute Gasteiger partial charge is 0.457 e. The first kappa shape index (κ1) is 20.6. The van der Waals surface area contributed by atoms with Crippen molar-refractivity contribution in [3.63, 3.8) is 0 Å². The molecule has 1 unspecified atom stereocenters. The molecule has 28 heavy (non-hydrogen) atoms. The Labute approximate surface area is 168 Å². The molecular weight excluding hydrogens is 351 g/mol. The van der Waals surface area contributed by atoms with Crippen molar-refractivity contribution in [1.29, 1.82) is 0 Å². The zero-order valence-electron chi connectivity index (χ0n) is 17.4. The number of carbonyl (C=O) groups excluding carboxylic acids is 1. The number of rotatable bonds is 6. The lowest BCUT2D eigenvalue weighted by molar-refractivity contribution is 0.00578. The molecule has 148 valence electrons. The quantitative estimate of drug-likeness (QED) is 0.517. The van der Waals surface area contributed by atoms with Crippen molar-refractivity contribution < 1.29 is 18.8 Å². The summed E-state index contributed by atoms with van der Waals surface area (Å²) < 4.78 is 17.1. The molecule has 3 rings (SSSR count). The van der Waals surface area contributed by atoms with Crippen molar-refractivity contribution in [2.24, 2.45) is 0 Å². The Balaban J connectivity index is 1.78. The fourth-order valence-corrected chi connectivity index (χ4v) is 3.57. The first-order chi connectivity index (χ1) is 13.2. The van der Waals surface area contributed by atoms with Crippen LogP contribution in [0.25, 0.3) is 0 Å². The van der Waals surface area contributed by atoms with Gasteiger partial charge in [-0.2, -0.15) is 0 Å². The predicted octanol–water partition coefficient (Wildman–Crippen LogP) is 5.09. The summed E-state index contributed by atoms with van der Waals surface area (Å²) in [6.45, 7) is 8.31. The Kier molecular flexibility index (Phi) is 5.97. The number of carbonyl (C=O) groups is 1. The zero-order valence-corrected chi connectivity index (χ0v) is 17.4. The van der Waals surface area contributed by atoms with Crippen LogP contribution in [-0.2, 0) is 14.0 Å². The normalized spacial score (nSPS) is 18.7. The summed E-state index contributed by atoms with van der Waals surface area (Å²) in [5.74, 6) is -0.119. The minimum absolute atomic E-state index is 0.201. The number of ether oxygens (including phenoxy) is 1. The molecule has 0 radical (unpaired) electrons. The van der Waals surface area contributed by atoms with Gasteiger partial charge in [0.05, 0.1) is 23.9 Å². The predicted molar refractivity (Wildman–Crippen MR) is 112 cm³/mol. The van der Waals surface area contributed by atoms with E-state index in [2.05, 4.69) is 52.0 Å². The number of benzene rings is 2. The van der Waals surface area contributed by atoms with Crippen LogP contribution < -0.4 is 0 Å². The van der Waals surface area contributed by atoms with E-state index in [9.17, 15) is 4.79 Å². The molecule has 1 aliphatic heterocycles. The Bertz CT molecular complexity index is 783. The van der Waals surface area contributed by atoms with Crippen molar-refractivity contribution in [3.05, 3.63) is 71.3 Å². The third-order valence-corrected chi connectivity index (χ3v) is 5.93. The van der Waals surface area contributed by atoms with Crippen molar-refractivity contribution in [2.75, 3.05) is 7.11 Å². The molecule has 0 aromatic heterocycles. The Morgan fingerprint density at radius 3 is 2.00 bits per heavy atom. The maximum absolute atomic E-state index is 11.7. The Morgan fingerprint density at radius 1 is 0.929 bits per heavy atom. The van der Waals surface area contributed by atoms with Crippen LogP contribution in [0.15, 0.2) is 54.6 Å². The van der Waals surface area contributed by atoms with Gasteiger partial charge in [0.25, 0.3) is 0 Å². The lowest BCUT2D eigenvalue weighted by Gasteiger charge is -2.32. The van der Waals surface area contributed by atoms with Gasteiger partial charge in [0.15, 0.2) is 0 Å². The molecule has 0 aliphatic carbocycles. The van der Waals surface area contributed by atoms with Gasteiger partial charge in [0.1, 0.15) is 0 Å². The highest BCUT2D eigenvalue weighted by molar-refractivity contribution is 6.45. The van der Waals surface area contributed by atoms with Crippen LogP contribution in [-0.4, -0.2) is 31.4 Å². The molecule has 0 spiro atoms. The number of hydrogen-bond donors (Lipinski definition) is 0. The van der Waals surface area contributed by atoms with E-state index >= 15 is 0 Å². The van der Waals surface area contributed by atoms with Gasteiger partial charge >= 0.3 is 13.1 Å². The van der Waals surface area contributed by atoms with E-state index in [0.717, 1.165) is 18.3 Å². The van der Waals surface area contributed by atoms with Crippen LogP contribution in [0.4, 0.5) is 0 Å². The standard InChI is InChI=1S/C23H29BO4/c1-22(2)23(3,4)28-24(27-22)16-15-20(17-9-7-6-8-10-17)18-11-13-19(14-12-18)21(25)26-5/h6-14,20H,15-16H2,1-5H3. The molecule has 1 heterocycles. The topological polar surface area (TPSA) is 44.8 Å². The van der Waals surface area contributed by atoms with E-state index in [0.29, 0.717) is 5.56 Å². The van der Waals surface area contributed by atoms with Gasteiger partial charge in [-0.1, -0.05) is 42.5 Å². The van der Waals surface area contributed by atoms with Crippen molar-refractivity contribution in [1.82, 2.24) is 0 Å². The van der Waals surface area contributed by atoms with Gasteiger partial charge in [0, 0.05) is 5.92 Å². The summed E-state index contributed by atoms with van der Waals surface area (Å²) in [5.41, 5.74) is 2.33. The van der Waals surface area contributed by atoms with E-state index in [4.69, 9.17) is 14.0 Å². The molecule has 4 nitrogen and oxygen atoms in total. The van der Waals surface area contributed by atoms with Crippen LogP contribution in [0.3, 0.4) is 0 Å². The average molecular weight is 380 g/mol. The van der Waals surface area contributed by atoms with Gasteiger partial charge in [-0.3, -0.25) is 0 Å². The number of esters is 1. The molecule has 0 N–H and O–H groups in total. The summed E-state index contributed by atoms with van der Waals surface area (Å²) in [5, 5.41) is 0. The summed E-state index contributed by atoms with van der Waals surface area (Å²) in [4.78, 5) is 11.7. The minimum atomic E-state index is -0.319. The van der Waals surface area contributed by atoms with Crippen LogP contribution in [0, 0.1) is 0 Å². The van der Waals surface area contributed by atoms with Crippen molar-refractivity contribution in [2.45, 2.75) is 57.6 Å². The molecular formula is C23H29BO4. The van der Waals surface area contributed by atoms with E-state index in [1.54, 1.807) is 0 Å². The Morgan fingerprint density at radius 2 is 1.46 bits per heavy atom.